The largest absolute Gasteiger partial charge is 0.354 e. The van der Waals surface area contributed by atoms with Crippen molar-refractivity contribution in [2.45, 2.75) is 58.0 Å². The molecule has 2 aliphatic heterocycles. The van der Waals surface area contributed by atoms with Crippen molar-refractivity contribution < 1.29 is 14.4 Å². The van der Waals surface area contributed by atoms with Crippen molar-refractivity contribution in [3.05, 3.63) is 0 Å². The van der Waals surface area contributed by atoms with Gasteiger partial charge in [-0.15, -0.1) is 11.8 Å². The van der Waals surface area contributed by atoms with Crippen molar-refractivity contribution in [3.8, 4) is 0 Å². The van der Waals surface area contributed by atoms with Gasteiger partial charge in [0.2, 0.25) is 17.7 Å². The third kappa shape index (κ3) is 4.13. The third-order valence-corrected chi connectivity index (χ3v) is 6.44. The van der Waals surface area contributed by atoms with Gasteiger partial charge in [-0.25, -0.2) is 0 Å². The maximum Gasteiger partial charge on any atom is 0.243 e. The lowest BCUT2D eigenvalue weighted by atomic mass is 10.1. The first-order valence-electron chi connectivity index (χ1n) is 9.42. The average molecular weight is 368 g/mol. The van der Waals surface area contributed by atoms with Gasteiger partial charge in [-0.1, -0.05) is 26.7 Å². The van der Waals surface area contributed by atoms with E-state index in [0.29, 0.717) is 43.1 Å². The van der Waals surface area contributed by atoms with E-state index in [1.807, 2.05) is 18.7 Å². The number of carbonyl (C=O) groups is 3. The molecule has 1 aliphatic carbocycles. The van der Waals surface area contributed by atoms with E-state index in [4.69, 9.17) is 0 Å². The van der Waals surface area contributed by atoms with Crippen molar-refractivity contribution in [2.75, 3.05) is 24.7 Å². The smallest absolute Gasteiger partial charge is 0.243 e. The number of amides is 3. The predicted octanol–water partition coefficient (Wildman–Crippen LogP) is 1.45. The highest BCUT2D eigenvalue weighted by molar-refractivity contribution is 7.99. The van der Waals surface area contributed by atoms with Crippen molar-refractivity contribution in [3.63, 3.8) is 0 Å². The molecule has 0 bridgehead atoms. The van der Waals surface area contributed by atoms with Crippen LogP contribution in [0.4, 0.5) is 0 Å². The lowest BCUT2D eigenvalue weighted by molar-refractivity contribution is -0.141. The van der Waals surface area contributed by atoms with Gasteiger partial charge in [0.05, 0.1) is 11.8 Å². The van der Waals surface area contributed by atoms with Crippen molar-refractivity contribution in [2.24, 2.45) is 11.8 Å². The molecule has 0 aromatic rings. The van der Waals surface area contributed by atoms with Crippen LogP contribution in [0.2, 0.25) is 0 Å². The van der Waals surface area contributed by atoms with Crippen LogP contribution in [-0.2, 0) is 14.4 Å². The number of nitrogens with zero attached hydrogens (tertiary/aromatic N) is 2. The molecule has 2 heterocycles. The van der Waals surface area contributed by atoms with Gasteiger partial charge in [-0.05, 0) is 18.8 Å². The number of hydrogen-bond acceptors (Lipinski definition) is 4. The molecule has 3 aliphatic rings. The molecule has 3 amide bonds. The Hall–Kier alpha value is -1.24. The van der Waals surface area contributed by atoms with Gasteiger partial charge in [0, 0.05) is 31.3 Å². The van der Waals surface area contributed by atoms with Crippen molar-refractivity contribution >= 4 is 29.5 Å². The molecular formula is C18H29N3O3S. The van der Waals surface area contributed by atoms with E-state index in [2.05, 4.69) is 5.32 Å². The second-order valence-electron chi connectivity index (χ2n) is 7.85. The topological polar surface area (TPSA) is 69.7 Å². The number of hydrogen-bond donors (Lipinski definition) is 1. The minimum Gasteiger partial charge on any atom is -0.354 e. The van der Waals surface area contributed by atoms with Crippen molar-refractivity contribution in [1.82, 2.24) is 15.1 Å². The second-order valence-corrected chi connectivity index (χ2v) is 8.85. The van der Waals surface area contributed by atoms with E-state index in [-0.39, 0.29) is 23.6 Å². The van der Waals surface area contributed by atoms with Crippen LogP contribution < -0.4 is 5.32 Å². The highest BCUT2D eigenvalue weighted by atomic mass is 32.2. The molecule has 2 saturated heterocycles. The quantitative estimate of drug-likeness (QED) is 0.799. The molecule has 6 nitrogen and oxygen atoms in total. The first-order chi connectivity index (χ1) is 12.0. The summed E-state index contributed by atoms with van der Waals surface area (Å²) in [7, 11) is 0. The maximum atomic E-state index is 13.0. The summed E-state index contributed by atoms with van der Waals surface area (Å²) < 4.78 is 0. The summed E-state index contributed by atoms with van der Waals surface area (Å²) in [6.45, 7) is 5.26. The summed E-state index contributed by atoms with van der Waals surface area (Å²) in [6, 6.07) is -0.0738. The van der Waals surface area contributed by atoms with E-state index in [1.165, 1.54) is 12.8 Å². The second kappa shape index (κ2) is 7.98. The molecule has 0 radical (unpaired) electrons. The van der Waals surface area contributed by atoms with E-state index < -0.39 is 6.04 Å². The monoisotopic (exact) mass is 367 g/mol. The lowest BCUT2D eigenvalue weighted by Crippen LogP contribution is -2.50. The van der Waals surface area contributed by atoms with Crippen LogP contribution in [0, 0.1) is 11.8 Å². The standard InChI is InChI=1S/C18H29N3O3S/c1-12(2)8-19-17(23)15-10-25-11-21(15)18(24)13-7-16(22)20(9-13)14-5-3-4-6-14/h12-15H,3-11H2,1-2H3,(H,19,23). The van der Waals surface area contributed by atoms with E-state index in [1.54, 1.807) is 16.7 Å². The average Bonchev–Trinajstić information content (AvgIpc) is 3.31. The fraction of sp³-hybridized carbons (Fsp3) is 0.833. The number of nitrogens with one attached hydrogen (secondary N) is 1. The molecule has 25 heavy (non-hydrogen) atoms. The van der Waals surface area contributed by atoms with Gasteiger partial charge in [-0.3, -0.25) is 14.4 Å². The van der Waals surface area contributed by atoms with E-state index in [9.17, 15) is 14.4 Å². The van der Waals surface area contributed by atoms with E-state index in [0.717, 1.165) is 12.8 Å². The first kappa shape index (κ1) is 18.5. The number of carbonyl (C=O) groups excluding carboxylic acids is 3. The van der Waals surface area contributed by atoms with Crippen LogP contribution in [0.3, 0.4) is 0 Å². The SMILES string of the molecule is CC(C)CNC(=O)C1CSCN1C(=O)C1CC(=O)N(C2CCCC2)C1. The summed E-state index contributed by atoms with van der Waals surface area (Å²) in [6.07, 6.45) is 4.78. The molecular weight excluding hydrogens is 338 g/mol. The summed E-state index contributed by atoms with van der Waals surface area (Å²) in [5.74, 6) is 1.31. The number of thioether (sulfide) groups is 1. The Morgan fingerprint density at radius 2 is 2.00 bits per heavy atom. The van der Waals surface area contributed by atoms with Crippen LogP contribution in [0.15, 0.2) is 0 Å². The summed E-state index contributed by atoms with van der Waals surface area (Å²) in [5, 5.41) is 2.94. The first-order valence-corrected chi connectivity index (χ1v) is 10.6. The molecule has 1 N–H and O–H groups in total. The van der Waals surface area contributed by atoms with Crippen LogP contribution in [-0.4, -0.2) is 64.3 Å². The Morgan fingerprint density at radius 1 is 1.28 bits per heavy atom. The summed E-state index contributed by atoms with van der Waals surface area (Å²) in [4.78, 5) is 41.4. The molecule has 7 heteroatoms. The Kier molecular flexibility index (Phi) is 5.92. The van der Waals surface area contributed by atoms with Gasteiger partial charge in [0.15, 0.2) is 0 Å². The normalized spacial score (nSPS) is 27.6. The molecule has 0 aromatic heterocycles. The lowest BCUT2D eigenvalue weighted by Gasteiger charge is -2.27. The van der Waals surface area contributed by atoms with Gasteiger partial charge >= 0.3 is 0 Å². The number of likely N-dealkylation sites (tertiary alicyclic amines) is 1. The van der Waals surface area contributed by atoms with Gasteiger partial charge in [0.25, 0.3) is 0 Å². The van der Waals surface area contributed by atoms with Crippen LogP contribution >= 0.6 is 11.8 Å². The molecule has 0 aromatic carbocycles. The Labute approximate surface area is 154 Å². The molecule has 140 valence electrons. The Bertz CT molecular complexity index is 534. The molecule has 3 rings (SSSR count). The minimum atomic E-state index is -0.396. The van der Waals surface area contributed by atoms with Gasteiger partial charge < -0.3 is 15.1 Å². The van der Waals surface area contributed by atoms with Gasteiger partial charge in [0.1, 0.15) is 6.04 Å². The fourth-order valence-electron chi connectivity index (χ4n) is 4.00. The fourth-order valence-corrected chi connectivity index (χ4v) is 5.16. The van der Waals surface area contributed by atoms with Gasteiger partial charge in [-0.2, -0.15) is 0 Å². The molecule has 2 unspecified atom stereocenters. The Balaban J connectivity index is 1.60. The van der Waals surface area contributed by atoms with Crippen LogP contribution in [0.5, 0.6) is 0 Å². The highest BCUT2D eigenvalue weighted by Gasteiger charge is 2.43. The molecule has 0 spiro atoms. The zero-order valence-electron chi connectivity index (χ0n) is 15.2. The predicted molar refractivity (Wildman–Crippen MR) is 97.9 cm³/mol. The Morgan fingerprint density at radius 3 is 2.68 bits per heavy atom. The molecule has 1 saturated carbocycles. The van der Waals surface area contributed by atoms with Crippen LogP contribution in [0.1, 0.15) is 46.0 Å². The molecule has 3 fully saturated rings. The summed E-state index contributed by atoms with van der Waals surface area (Å²) >= 11 is 1.61. The van der Waals surface area contributed by atoms with Crippen molar-refractivity contribution in [1.29, 1.82) is 0 Å². The third-order valence-electron chi connectivity index (χ3n) is 5.43. The van der Waals surface area contributed by atoms with E-state index >= 15 is 0 Å². The zero-order chi connectivity index (χ0) is 18.0. The number of rotatable bonds is 5. The van der Waals surface area contributed by atoms with Crippen LogP contribution in [0.25, 0.3) is 0 Å². The summed E-state index contributed by atoms with van der Waals surface area (Å²) in [5.41, 5.74) is 0. The highest BCUT2D eigenvalue weighted by Crippen LogP contribution is 2.32. The molecule has 2 atom stereocenters. The minimum absolute atomic E-state index is 0.0245. The zero-order valence-corrected chi connectivity index (χ0v) is 16.0. The maximum absolute atomic E-state index is 13.0.